The molecule has 3 heterocycles. The summed E-state index contributed by atoms with van der Waals surface area (Å²) in [4.78, 5) is 23.8. The number of methoxy groups -OCH3 is 1. The zero-order valence-corrected chi connectivity index (χ0v) is 14.8. The topological polar surface area (TPSA) is 60.2 Å². The molecular weight excluding hydrogens is 328 g/mol. The Balaban J connectivity index is 1.76. The van der Waals surface area contributed by atoms with Gasteiger partial charge in [-0.2, -0.15) is 0 Å². The third-order valence-electron chi connectivity index (χ3n) is 4.81. The Morgan fingerprint density at radius 1 is 1.19 bits per heavy atom. The molecule has 0 N–H and O–H groups in total. The van der Waals surface area contributed by atoms with Crippen LogP contribution >= 0.6 is 0 Å². The van der Waals surface area contributed by atoms with Crippen molar-refractivity contribution in [3.05, 3.63) is 77.6 Å². The normalized spacial score (nSPS) is 16.2. The molecule has 6 heteroatoms. The first-order valence-electron chi connectivity index (χ1n) is 8.54. The summed E-state index contributed by atoms with van der Waals surface area (Å²) in [6, 6.07) is 11.5. The number of rotatable bonds is 3. The molecule has 0 unspecified atom stereocenters. The second-order valence-corrected chi connectivity index (χ2v) is 6.39. The predicted molar refractivity (Wildman–Crippen MR) is 96.8 cm³/mol. The van der Waals surface area contributed by atoms with Crippen LogP contribution in [0.3, 0.4) is 0 Å². The monoisotopic (exact) mass is 348 g/mol. The van der Waals surface area contributed by atoms with E-state index in [1.165, 1.54) is 0 Å². The van der Waals surface area contributed by atoms with Gasteiger partial charge in [0.05, 0.1) is 19.7 Å². The first-order valence-corrected chi connectivity index (χ1v) is 8.54. The van der Waals surface area contributed by atoms with Crippen molar-refractivity contribution in [1.29, 1.82) is 0 Å². The Morgan fingerprint density at radius 3 is 2.88 bits per heavy atom. The minimum absolute atomic E-state index is 0.0785. The highest BCUT2D eigenvalue weighted by Crippen LogP contribution is 2.32. The first-order chi connectivity index (χ1) is 12.7. The molecule has 132 valence electrons. The second-order valence-electron chi connectivity index (χ2n) is 6.39. The number of carbonyl (C=O) groups excluding carboxylic acids is 1. The zero-order valence-electron chi connectivity index (χ0n) is 14.8. The molecule has 6 nitrogen and oxygen atoms in total. The lowest BCUT2D eigenvalue weighted by atomic mass is 10.0. The fourth-order valence-corrected chi connectivity index (χ4v) is 3.40. The Kier molecular flexibility index (Phi) is 4.16. The van der Waals surface area contributed by atoms with Gasteiger partial charge in [0.1, 0.15) is 17.3 Å². The van der Waals surface area contributed by atoms with Gasteiger partial charge in [0, 0.05) is 25.1 Å². The summed E-state index contributed by atoms with van der Waals surface area (Å²) in [7, 11) is 1.65. The number of amides is 1. The molecule has 0 fully saturated rings. The van der Waals surface area contributed by atoms with E-state index in [1.54, 1.807) is 19.5 Å². The summed E-state index contributed by atoms with van der Waals surface area (Å²) in [6.07, 6.45) is 5.39. The van der Waals surface area contributed by atoms with E-state index in [0.29, 0.717) is 18.8 Å². The van der Waals surface area contributed by atoms with Crippen LogP contribution < -0.4 is 4.74 Å². The number of benzene rings is 1. The number of nitrogens with zero attached hydrogens (tertiary/aromatic N) is 4. The maximum Gasteiger partial charge on any atom is 0.273 e. The van der Waals surface area contributed by atoms with Crippen LogP contribution in [0, 0.1) is 6.92 Å². The van der Waals surface area contributed by atoms with Gasteiger partial charge in [0.15, 0.2) is 0 Å². The van der Waals surface area contributed by atoms with Gasteiger partial charge in [-0.05, 0) is 36.2 Å². The average molecular weight is 348 g/mol. The summed E-state index contributed by atoms with van der Waals surface area (Å²) in [6.45, 7) is 3.01. The van der Waals surface area contributed by atoms with Gasteiger partial charge >= 0.3 is 0 Å². The predicted octanol–water partition coefficient (Wildman–Crippen LogP) is 2.99. The van der Waals surface area contributed by atoms with Crippen molar-refractivity contribution in [2.45, 2.75) is 26.1 Å². The largest absolute Gasteiger partial charge is 0.497 e. The number of aryl methyl sites for hydroxylation is 1. The first kappa shape index (κ1) is 16.3. The number of carbonyl (C=O) groups is 1. The summed E-state index contributed by atoms with van der Waals surface area (Å²) in [5, 5.41) is 0. The van der Waals surface area contributed by atoms with E-state index in [9.17, 15) is 4.79 Å². The maximum atomic E-state index is 13.3. The highest BCUT2D eigenvalue weighted by molar-refractivity contribution is 5.94. The van der Waals surface area contributed by atoms with Gasteiger partial charge < -0.3 is 14.2 Å². The van der Waals surface area contributed by atoms with Crippen LogP contribution in [-0.4, -0.2) is 32.5 Å². The molecule has 0 saturated carbocycles. The van der Waals surface area contributed by atoms with Crippen LogP contribution in [0.15, 0.2) is 55.0 Å². The Bertz CT molecular complexity index is 950. The molecule has 0 saturated heterocycles. The van der Waals surface area contributed by atoms with Crippen LogP contribution in [0.1, 0.15) is 33.5 Å². The number of hydrogen-bond acceptors (Lipinski definition) is 4. The van der Waals surface area contributed by atoms with Crippen molar-refractivity contribution < 1.29 is 9.53 Å². The summed E-state index contributed by atoms with van der Waals surface area (Å²) in [5.74, 6) is 1.58. The van der Waals surface area contributed by atoms with Crippen LogP contribution in [-0.2, 0) is 13.1 Å². The molecule has 1 aromatic carbocycles. The molecular formula is C20H20N4O2. The highest BCUT2D eigenvalue weighted by Gasteiger charge is 2.33. The fourth-order valence-electron chi connectivity index (χ4n) is 3.40. The Labute approximate surface area is 152 Å². The molecule has 0 aliphatic carbocycles. The second kappa shape index (κ2) is 6.63. The number of hydrogen-bond donors (Lipinski definition) is 0. The number of pyridine rings is 1. The molecule has 0 radical (unpaired) electrons. The molecule has 2 aromatic heterocycles. The Hall–Kier alpha value is -3.15. The number of aromatic nitrogens is 3. The van der Waals surface area contributed by atoms with Gasteiger partial charge in [-0.25, -0.2) is 4.98 Å². The molecule has 4 rings (SSSR count). The molecule has 26 heavy (non-hydrogen) atoms. The van der Waals surface area contributed by atoms with Crippen molar-refractivity contribution in [2.75, 3.05) is 7.11 Å². The van der Waals surface area contributed by atoms with E-state index in [0.717, 1.165) is 22.7 Å². The Morgan fingerprint density at radius 2 is 2.08 bits per heavy atom. The lowest BCUT2D eigenvalue weighted by Crippen LogP contribution is -2.41. The lowest BCUT2D eigenvalue weighted by Gasteiger charge is -2.36. The van der Waals surface area contributed by atoms with Crippen molar-refractivity contribution in [2.24, 2.45) is 0 Å². The average Bonchev–Trinajstić information content (AvgIpc) is 3.14. The third kappa shape index (κ3) is 2.83. The van der Waals surface area contributed by atoms with E-state index >= 15 is 0 Å². The molecule has 1 atom stereocenters. The molecule has 1 aliphatic rings. The number of imidazole rings is 1. The van der Waals surface area contributed by atoms with Gasteiger partial charge in [-0.1, -0.05) is 18.2 Å². The smallest absolute Gasteiger partial charge is 0.273 e. The number of fused-ring (bicyclic) bond motifs is 1. The van der Waals surface area contributed by atoms with E-state index in [2.05, 4.69) is 14.5 Å². The lowest BCUT2D eigenvalue weighted by molar-refractivity contribution is 0.0577. The molecule has 0 spiro atoms. The van der Waals surface area contributed by atoms with Crippen molar-refractivity contribution in [3.63, 3.8) is 0 Å². The fraction of sp³-hybridized carbons (Fsp3) is 0.250. The van der Waals surface area contributed by atoms with Crippen LogP contribution in [0.5, 0.6) is 5.75 Å². The standard InChI is InChI=1S/C20H20N4O2/c1-14-5-4-8-22-19(14)20(25)24-13-18-21-9-10-23(18)12-17(24)15-6-3-7-16(11-15)26-2/h3-11,17H,12-13H2,1-2H3/t17-/m0/s1. The van der Waals surface area contributed by atoms with Crippen LogP contribution in [0.2, 0.25) is 0 Å². The van der Waals surface area contributed by atoms with E-state index in [-0.39, 0.29) is 11.9 Å². The molecule has 3 aromatic rings. The van der Waals surface area contributed by atoms with Crippen molar-refractivity contribution in [3.8, 4) is 5.75 Å². The van der Waals surface area contributed by atoms with Crippen LogP contribution in [0.4, 0.5) is 0 Å². The van der Waals surface area contributed by atoms with E-state index in [1.807, 2.05) is 54.4 Å². The van der Waals surface area contributed by atoms with Gasteiger partial charge in [-0.15, -0.1) is 0 Å². The summed E-state index contributed by atoms with van der Waals surface area (Å²) >= 11 is 0. The van der Waals surface area contributed by atoms with Gasteiger partial charge in [0.25, 0.3) is 5.91 Å². The minimum Gasteiger partial charge on any atom is -0.497 e. The highest BCUT2D eigenvalue weighted by atomic mass is 16.5. The van der Waals surface area contributed by atoms with E-state index in [4.69, 9.17) is 4.74 Å². The van der Waals surface area contributed by atoms with Crippen LogP contribution in [0.25, 0.3) is 0 Å². The molecule has 0 bridgehead atoms. The van der Waals surface area contributed by atoms with Gasteiger partial charge in [-0.3, -0.25) is 9.78 Å². The zero-order chi connectivity index (χ0) is 18.1. The summed E-state index contributed by atoms with van der Waals surface area (Å²) in [5.41, 5.74) is 2.39. The number of ether oxygens (including phenoxy) is 1. The quantitative estimate of drug-likeness (QED) is 0.730. The SMILES string of the molecule is COc1cccc([C@@H]2Cn3ccnc3CN2C(=O)c2ncccc2C)c1. The molecule has 1 aliphatic heterocycles. The van der Waals surface area contributed by atoms with Crippen molar-refractivity contribution in [1.82, 2.24) is 19.4 Å². The van der Waals surface area contributed by atoms with E-state index < -0.39 is 0 Å². The minimum atomic E-state index is -0.110. The molecule has 1 amide bonds. The van der Waals surface area contributed by atoms with Crippen molar-refractivity contribution >= 4 is 5.91 Å². The maximum absolute atomic E-state index is 13.3. The van der Waals surface area contributed by atoms with Gasteiger partial charge in [0.2, 0.25) is 0 Å². The third-order valence-corrected chi connectivity index (χ3v) is 4.81. The summed E-state index contributed by atoms with van der Waals surface area (Å²) < 4.78 is 7.46.